The molecule has 0 aliphatic heterocycles. The zero-order valence-corrected chi connectivity index (χ0v) is 12.1. The van der Waals surface area contributed by atoms with Gasteiger partial charge in [-0.1, -0.05) is 18.2 Å². The lowest BCUT2D eigenvalue weighted by atomic mass is 10.1. The molecule has 22 heavy (non-hydrogen) atoms. The Bertz CT molecular complexity index is 994. The van der Waals surface area contributed by atoms with Crippen LogP contribution in [0.1, 0.15) is 10.4 Å². The number of amides is 1. The number of fused-ring (bicyclic) bond motifs is 2. The molecule has 0 unspecified atom stereocenters. The number of nitrogens with one attached hydrogen (secondary N) is 2. The SMILES string of the molecule is Cn1ccc2cccc(C(=O)Nc3cccc4[nH]ccc34)c21. The lowest BCUT2D eigenvalue weighted by Crippen LogP contribution is -2.13. The van der Waals surface area contributed by atoms with E-state index in [9.17, 15) is 4.79 Å². The summed E-state index contributed by atoms with van der Waals surface area (Å²) in [4.78, 5) is 15.9. The molecule has 1 amide bonds. The number of hydrogen-bond acceptors (Lipinski definition) is 1. The van der Waals surface area contributed by atoms with Crippen LogP contribution in [-0.4, -0.2) is 15.5 Å². The number of H-pyrrole nitrogens is 1. The highest BCUT2D eigenvalue weighted by atomic mass is 16.1. The molecule has 4 rings (SSSR count). The Morgan fingerprint density at radius 1 is 1.09 bits per heavy atom. The van der Waals surface area contributed by atoms with Crippen molar-refractivity contribution >= 4 is 33.4 Å². The van der Waals surface area contributed by atoms with Crippen molar-refractivity contribution in [3.8, 4) is 0 Å². The van der Waals surface area contributed by atoms with Crippen molar-refractivity contribution < 1.29 is 4.79 Å². The van der Waals surface area contributed by atoms with E-state index < -0.39 is 0 Å². The van der Waals surface area contributed by atoms with Gasteiger partial charge in [-0.15, -0.1) is 0 Å². The zero-order chi connectivity index (χ0) is 15.1. The highest BCUT2D eigenvalue weighted by Crippen LogP contribution is 2.24. The van der Waals surface area contributed by atoms with Gasteiger partial charge in [0.15, 0.2) is 0 Å². The van der Waals surface area contributed by atoms with Gasteiger partial charge in [-0.2, -0.15) is 0 Å². The molecule has 0 atom stereocenters. The summed E-state index contributed by atoms with van der Waals surface area (Å²) in [7, 11) is 1.95. The fourth-order valence-electron chi connectivity index (χ4n) is 2.92. The number of aromatic nitrogens is 2. The van der Waals surface area contributed by atoms with Crippen LogP contribution in [0.4, 0.5) is 5.69 Å². The van der Waals surface area contributed by atoms with Crippen LogP contribution in [-0.2, 0) is 7.05 Å². The van der Waals surface area contributed by atoms with Crippen LogP contribution in [0.25, 0.3) is 21.8 Å². The number of aromatic amines is 1. The Morgan fingerprint density at radius 3 is 2.86 bits per heavy atom. The number of carbonyl (C=O) groups is 1. The molecule has 2 heterocycles. The van der Waals surface area contributed by atoms with Crippen LogP contribution < -0.4 is 5.32 Å². The van der Waals surface area contributed by atoms with E-state index in [2.05, 4.69) is 10.3 Å². The van der Waals surface area contributed by atoms with Crippen molar-refractivity contribution in [2.24, 2.45) is 7.05 Å². The van der Waals surface area contributed by atoms with Crippen LogP contribution in [0.5, 0.6) is 0 Å². The Labute approximate surface area is 127 Å². The third-order valence-electron chi connectivity index (χ3n) is 3.99. The second-order valence-corrected chi connectivity index (χ2v) is 5.37. The average molecular weight is 289 g/mol. The number of nitrogens with zero attached hydrogens (tertiary/aromatic N) is 1. The average Bonchev–Trinajstić information content (AvgIpc) is 3.15. The predicted molar refractivity (Wildman–Crippen MR) is 89.2 cm³/mol. The maximum atomic E-state index is 12.7. The largest absolute Gasteiger partial charge is 0.361 e. The topological polar surface area (TPSA) is 49.8 Å². The fourth-order valence-corrected chi connectivity index (χ4v) is 2.92. The third kappa shape index (κ3) is 1.89. The Hall–Kier alpha value is -3.01. The van der Waals surface area contributed by atoms with Gasteiger partial charge >= 0.3 is 0 Å². The molecule has 0 aliphatic rings. The van der Waals surface area contributed by atoms with Gasteiger partial charge in [-0.3, -0.25) is 4.79 Å². The minimum atomic E-state index is -0.0962. The molecule has 4 heteroatoms. The summed E-state index contributed by atoms with van der Waals surface area (Å²) in [6, 6.07) is 15.6. The molecule has 0 bridgehead atoms. The Kier molecular flexibility index (Phi) is 2.76. The van der Waals surface area contributed by atoms with Gasteiger partial charge in [-0.05, 0) is 30.3 Å². The molecule has 0 saturated carbocycles. The second-order valence-electron chi connectivity index (χ2n) is 5.37. The highest BCUT2D eigenvalue weighted by Gasteiger charge is 2.13. The maximum Gasteiger partial charge on any atom is 0.257 e. The van der Waals surface area contributed by atoms with Gasteiger partial charge in [0.25, 0.3) is 5.91 Å². The van der Waals surface area contributed by atoms with E-state index in [-0.39, 0.29) is 5.91 Å². The molecule has 0 radical (unpaired) electrons. The summed E-state index contributed by atoms with van der Waals surface area (Å²) in [5.74, 6) is -0.0962. The number of rotatable bonds is 2. The minimum Gasteiger partial charge on any atom is -0.361 e. The van der Waals surface area contributed by atoms with E-state index in [1.807, 2.05) is 72.5 Å². The van der Waals surface area contributed by atoms with Gasteiger partial charge in [0, 0.05) is 35.7 Å². The van der Waals surface area contributed by atoms with E-state index in [1.165, 1.54) is 0 Å². The van der Waals surface area contributed by atoms with E-state index in [0.717, 1.165) is 27.5 Å². The second kappa shape index (κ2) is 4.77. The minimum absolute atomic E-state index is 0.0962. The maximum absolute atomic E-state index is 12.7. The van der Waals surface area contributed by atoms with Gasteiger partial charge < -0.3 is 14.9 Å². The number of para-hydroxylation sites is 1. The Morgan fingerprint density at radius 2 is 1.95 bits per heavy atom. The van der Waals surface area contributed by atoms with Crippen LogP contribution in [0.3, 0.4) is 0 Å². The number of carbonyl (C=O) groups excluding carboxylic acids is 1. The van der Waals surface area contributed by atoms with Crippen molar-refractivity contribution in [1.82, 2.24) is 9.55 Å². The van der Waals surface area contributed by atoms with Crippen molar-refractivity contribution in [2.45, 2.75) is 0 Å². The quantitative estimate of drug-likeness (QED) is 0.577. The zero-order valence-electron chi connectivity index (χ0n) is 12.1. The monoisotopic (exact) mass is 289 g/mol. The van der Waals surface area contributed by atoms with Crippen molar-refractivity contribution in [2.75, 3.05) is 5.32 Å². The summed E-state index contributed by atoms with van der Waals surface area (Å²) in [6.45, 7) is 0. The Balaban J connectivity index is 1.78. The van der Waals surface area contributed by atoms with E-state index in [0.29, 0.717) is 5.56 Å². The summed E-state index contributed by atoms with van der Waals surface area (Å²) in [6.07, 6.45) is 3.84. The first-order chi connectivity index (χ1) is 10.7. The predicted octanol–water partition coefficient (Wildman–Crippen LogP) is 3.91. The van der Waals surface area contributed by atoms with Gasteiger partial charge in [0.2, 0.25) is 0 Å². The molecule has 0 saturated heterocycles. The van der Waals surface area contributed by atoms with Crippen molar-refractivity contribution in [3.05, 3.63) is 66.5 Å². The third-order valence-corrected chi connectivity index (χ3v) is 3.99. The van der Waals surface area contributed by atoms with Gasteiger partial charge in [0.1, 0.15) is 0 Å². The molecule has 108 valence electrons. The lowest BCUT2D eigenvalue weighted by Gasteiger charge is -2.09. The lowest BCUT2D eigenvalue weighted by molar-refractivity contribution is 0.102. The molecular formula is C18H15N3O. The van der Waals surface area contributed by atoms with E-state index >= 15 is 0 Å². The molecule has 0 aliphatic carbocycles. The van der Waals surface area contributed by atoms with Crippen molar-refractivity contribution in [3.63, 3.8) is 0 Å². The summed E-state index contributed by atoms with van der Waals surface area (Å²) < 4.78 is 1.97. The molecule has 4 nitrogen and oxygen atoms in total. The molecule has 2 N–H and O–H groups in total. The first kappa shape index (κ1) is 12.7. The molecule has 0 spiro atoms. The van der Waals surface area contributed by atoms with E-state index in [1.54, 1.807) is 0 Å². The number of benzene rings is 2. The van der Waals surface area contributed by atoms with Crippen LogP contribution in [0.2, 0.25) is 0 Å². The van der Waals surface area contributed by atoms with Crippen LogP contribution in [0, 0.1) is 0 Å². The summed E-state index contributed by atoms with van der Waals surface area (Å²) in [5, 5.41) is 5.10. The van der Waals surface area contributed by atoms with Gasteiger partial charge in [0.05, 0.1) is 16.8 Å². The number of anilines is 1. The number of aryl methyl sites for hydroxylation is 1. The first-order valence-electron chi connectivity index (χ1n) is 7.15. The highest BCUT2D eigenvalue weighted by molar-refractivity contribution is 6.14. The summed E-state index contributed by atoms with van der Waals surface area (Å²) >= 11 is 0. The normalized spacial score (nSPS) is 11.1. The van der Waals surface area contributed by atoms with Crippen LogP contribution >= 0.6 is 0 Å². The standard InChI is InChI=1S/C18H15N3O/c1-21-11-9-12-4-2-5-14(17(12)21)18(22)20-16-7-3-6-15-13(16)8-10-19-15/h2-11,19H,1H3,(H,20,22). The van der Waals surface area contributed by atoms with Gasteiger partial charge in [-0.25, -0.2) is 0 Å². The molecule has 2 aromatic heterocycles. The van der Waals surface area contributed by atoms with Crippen LogP contribution in [0.15, 0.2) is 60.9 Å². The summed E-state index contributed by atoms with van der Waals surface area (Å²) in [5.41, 5.74) is 3.45. The molecule has 2 aromatic carbocycles. The first-order valence-corrected chi connectivity index (χ1v) is 7.15. The fraction of sp³-hybridized carbons (Fsp3) is 0.0556. The molecule has 0 fully saturated rings. The number of hydrogen-bond donors (Lipinski definition) is 2. The van der Waals surface area contributed by atoms with E-state index in [4.69, 9.17) is 0 Å². The smallest absolute Gasteiger partial charge is 0.257 e. The molecular weight excluding hydrogens is 274 g/mol. The van der Waals surface area contributed by atoms with Crippen molar-refractivity contribution in [1.29, 1.82) is 0 Å². The molecule has 4 aromatic rings.